The zero-order chi connectivity index (χ0) is 38.2. The molecule has 58 heavy (non-hydrogen) atoms. The first-order valence-electron chi connectivity index (χ1n) is 19.7. The van der Waals surface area contributed by atoms with Crippen LogP contribution in [0.3, 0.4) is 0 Å². The summed E-state index contributed by atoms with van der Waals surface area (Å²) in [6.07, 6.45) is -0.619. The number of aliphatic imine (C=N–C) groups is 2. The normalized spacial score (nSPS) is 16.2. The lowest BCUT2D eigenvalue weighted by atomic mass is 9.98. The van der Waals surface area contributed by atoms with E-state index in [-0.39, 0.29) is 12.4 Å². The molecule has 0 fully saturated rings. The van der Waals surface area contributed by atoms with E-state index in [1.54, 1.807) is 0 Å². The molecule has 3 heterocycles. The van der Waals surface area contributed by atoms with Crippen LogP contribution in [0.25, 0.3) is 59.8 Å². The predicted octanol–water partition coefficient (Wildman–Crippen LogP) is 12.2. The number of fused-ring (bicyclic) bond motifs is 10. The monoisotopic (exact) mass is 745 g/mol. The number of amidine groups is 2. The molecule has 2 aliphatic rings. The van der Waals surface area contributed by atoms with E-state index < -0.39 is 0 Å². The topological polar surface area (TPSA) is 62.9 Å². The zero-order valence-electron chi connectivity index (χ0n) is 31.3. The van der Waals surface area contributed by atoms with Gasteiger partial charge in [-0.15, -0.1) is 0 Å². The predicted molar refractivity (Wildman–Crippen MR) is 239 cm³/mol. The van der Waals surface area contributed by atoms with Crippen molar-refractivity contribution < 1.29 is 4.74 Å². The fourth-order valence-electron chi connectivity index (χ4n) is 8.89. The minimum absolute atomic E-state index is 0.261. The van der Waals surface area contributed by atoms with Crippen molar-refractivity contribution in [3.8, 4) is 11.4 Å². The Bertz CT molecular complexity index is 3320. The third-order valence-electron chi connectivity index (χ3n) is 11.6. The Hall–Kier alpha value is -7.70. The highest BCUT2D eigenvalue weighted by Gasteiger charge is 2.28. The molecule has 12 rings (SSSR count). The number of anilines is 1. The Morgan fingerprint density at radius 3 is 2.05 bits per heavy atom. The number of nitrogens with one attached hydrogen (secondary N) is 2. The van der Waals surface area contributed by atoms with E-state index in [1.807, 2.05) is 36.4 Å². The van der Waals surface area contributed by atoms with E-state index in [4.69, 9.17) is 14.7 Å². The van der Waals surface area contributed by atoms with Gasteiger partial charge in [0, 0.05) is 38.5 Å². The van der Waals surface area contributed by atoms with Crippen molar-refractivity contribution in [2.24, 2.45) is 9.98 Å². The van der Waals surface area contributed by atoms with Crippen molar-refractivity contribution in [2.45, 2.75) is 12.4 Å². The summed E-state index contributed by atoms with van der Waals surface area (Å²) in [5.41, 5.74) is 8.57. The lowest BCUT2D eigenvalue weighted by Crippen LogP contribution is -2.33. The van der Waals surface area contributed by atoms with Crippen molar-refractivity contribution in [1.29, 1.82) is 0 Å². The van der Waals surface area contributed by atoms with Gasteiger partial charge in [-0.3, -0.25) is 0 Å². The molecule has 2 aliphatic heterocycles. The quantitative estimate of drug-likeness (QED) is 0.172. The molecule has 6 heteroatoms. The van der Waals surface area contributed by atoms with Gasteiger partial charge in [0.2, 0.25) is 0 Å². The molecule has 2 N–H and O–H groups in total. The van der Waals surface area contributed by atoms with E-state index in [1.165, 1.54) is 27.1 Å². The van der Waals surface area contributed by atoms with Crippen LogP contribution in [0, 0.1) is 0 Å². The summed E-state index contributed by atoms with van der Waals surface area (Å²) < 4.78 is 9.33. The second-order valence-electron chi connectivity index (χ2n) is 15.0. The largest absolute Gasteiger partial charge is 0.464 e. The average Bonchev–Trinajstić information content (AvgIpc) is 3.89. The number of benzene rings is 9. The summed E-state index contributed by atoms with van der Waals surface area (Å²) in [6.45, 7) is 0. The van der Waals surface area contributed by atoms with Gasteiger partial charge in [-0.05, 0) is 68.9 Å². The Labute approximate surface area is 334 Å². The number of nitrogens with zero attached hydrogens (tertiary/aromatic N) is 3. The molecule has 274 valence electrons. The Kier molecular flexibility index (Phi) is 7.25. The highest BCUT2D eigenvalue weighted by atomic mass is 16.5. The standard InChI is InChI=1S/C52H35N5O/c1-4-13-34(14-5-1)49-54-50(35-15-6-2-7-16-35)56-51(55-49)37-22-26-41-36(30-37)21-20-33-24-28-43-48(46(33)41)58-52(53-43)38-23-27-42-45(31-38)57(39-17-8-3-9-18-39)44-29-25-32-12-10-11-19-40(32)47(42)44/h1-31,49,52-53H,(H,54,55,56). The van der Waals surface area contributed by atoms with Crippen molar-refractivity contribution >= 4 is 71.5 Å². The number of hydrogen-bond donors (Lipinski definition) is 2. The minimum atomic E-state index is -0.358. The van der Waals surface area contributed by atoms with Crippen molar-refractivity contribution in [2.75, 3.05) is 5.32 Å². The van der Waals surface area contributed by atoms with Crippen LogP contribution in [0.15, 0.2) is 198 Å². The van der Waals surface area contributed by atoms with Gasteiger partial charge in [0.05, 0.1) is 16.7 Å². The van der Waals surface area contributed by atoms with Crippen LogP contribution >= 0.6 is 0 Å². The SMILES string of the molecule is c1ccc(C2=NC(c3ccc4c(ccc5ccc6c(c54)OC(c4ccc5c7c8ccccc8ccc7n(-c7ccccc7)c5c4)N6)c3)=NC(c3ccccc3)N2)cc1. The lowest BCUT2D eigenvalue weighted by Gasteiger charge is -2.23. The zero-order valence-corrected chi connectivity index (χ0v) is 31.3. The van der Waals surface area contributed by atoms with E-state index in [2.05, 4.69) is 167 Å². The molecular weight excluding hydrogens is 711 g/mol. The molecule has 0 amide bonds. The van der Waals surface area contributed by atoms with Crippen molar-refractivity contribution in [3.05, 3.63) is 210 Å². The molecule has 0 bridgehead atoms. The van der Waals surface area contributed by atoms with Crippen LogP contribution in [0.1, 0.15) is 34.6 Å². The molecule has 0 spiro atoms. The molecule has 6 nitrogen and oxygen atoms in total. The number of hydrogen-bond acceptors (Lipinski definition) is 5. The smallest absolute Gasteiger partial charge is 0.196 e. The van der Waals surface area contributed by atoms with Crippen LogP contribution < -0.4 is 15.4 Å². The van der Waals surface area contributed by atoms with Gasteiger partial charge in [0.15, 0.2) is 17.8 Å². The first-order valence-corrected chi connectivity index (χ1v) is 19.7. The molecule has 0 aliphatic carbocycles. The molecule has 10 aromatic rings. The van der Waals surface area contributed by atoms with Gasteiger partial charge >= 0.3 is 0 Å². The fourth-order valence-corrected chi connectivity index (χ4v) is 8.89. The maximum Gasteiger partial charge on any atom is 0.196 e. The maximum absolute atomic E-state index is 6.95. The van der Waals surface area contributed by atoms with Gasteiger partial charge < -0.3 is 19.9 Å². The summed E-state index contributed by atoms with van der Waals surface area (Å²) in [7, 11) is 0. The van der Waals surface area contributed by atoms with E-state index in [0.717, 1.165) is 72.3 Å². The molecule has 2 atom stereocenters. The molecule has 0 radical (unpaired) electrons. The van der Waals surface area contributed by atoms with Crippen LogP contribution in [-0.2, 0) is 0 Å². The summed E-state index contributed by atoms with van der Waals surface area (Å²) in [5.74, 6) is 2.36. The minimum Gasteiger partial charge on any atom is -0.464 e. The van der Waals surface area contributed by atoms with E-state index >= 15 is 0 Å². The summed E-state index contributed by atoms with van der Waals surface area (Å²) >= 11 is 0. The number of aromatic nitrogens is 1. The van der Waals surface area contributed by atoms with Crippen molar-refractivity contribution in [3.63, 3.8) is 0 Å². The average molecular weight is 746 g/mol. The fraction of sp³-hybridized carbons (Fsp3) is 0.0385. The highest BCUT2D eigenvalue weighted by Crippen LogP contribution is 2.47. The van der Waals surface area contributed by atoms with Gasteiger partial charge in [-0.25, -0.2) is 9.98 Å². The van der Waals surface area contributed by atoms with E-state index in [0.29, 0.717) is 5.84 Å². The number of para-hydroxylation sites is 1. The molecule has 2 unspecified atom stereocenters. The lowest BCUT2D eigenvalue weighted by molar-refractivity contribution is 0.263. The molecular formula is C52H35N5O. The van der Waals surface area contributed by atoms with Crippen LogP contribution in [0.5, 0.6) is 5.75 Å². The summed E-state index contributed by atoms with van der Waals surface area (Å²) in [4.78, 5) is 10.2. The maximum atomic E-state index is 6.95. The first-order chi connectivity index (χ1) is 28.7. The van der Waals surface area contributed by atoms with Gasteiger partial charge in [-0.1, -0.05) is 152 Å². The van der Waals surface area contributed by atoms with Gasteiger partial charge in [0.25, 0.3) is 0 Å². The van der Waals surface area contributed by atoms with Crippen LogP contribution in [-0.4, -0.2) is 16.2 Å². The molecule has 0 saturated heterocycles. The highest BCUT2D eigenvalue weighted by molar-refractivity contribution is 6.21. The van der Waals surface area contributed by atoms with Gasteiger partial charge in [0.1, 0.15) is 12.0 Å². The van der Waals surface area contributed by atoms with Crippen LogP contribution in [0.2, 0.25) is 0 Å². The van der Waals surface area contributed by atoms with Gasteiger partial charge in [-0.2, -0.15) is 0 Å². The summed E-state index contributed by atoms with van der Waals surface area (Å²) in [5, 5.41) is 16.7. The Morgan fingerprint density at radius 1 is 0.483 bits per heavy atom. The van der Waals surface area contributed by atoms with Crippen molar-refractivity contribution in [1.82, 2.24) is 9.88 Å². The number of ether oxygens (including phenoxy) is 1. The summed E-state index contributed by atoms with van der Waals surface area (Å²) in [6, 6.07) is 66.3. The third-order valence-corrected chi connectivity index (χ3v) is 11.6. The second-order valence-corrected chi connectivity index (χ2v) is 15.0. The second kappa shape index (κ2) is 12.9. The Balaban J connectivity index is 0.949. The number of rotatable bonds is 5. The molecule has 1 aromatic heterocycles. The first kappa shape index (κ1) is 32.5. The Morgan fingerprint density at radius 2 is 1.19 bits per heavy atom. The third kappa shape index (κ3) is 5.19. The van der Waals surface area contributed by atoms with Crippen LogP contribution in [0.4, 0.5) is 5.69 Å². The molecule has 9 aromatic carbocycles. The molecule has 0 saturated carbocycles. The van der Waals surface area contributed by atoms with E-state index in [9.17, 15) is 0 Å².